The summed E-state index contributed by atoms with van der Waals surface area (Å²) in [6, 6.07) is 0.462. The van der Waals surface area contributed by atoms with Crippen molar-refractivity contribution in [3.8, 4) is 12.0 Å². The second-order valence-electron chi connectivity index (χ2n) is 6.68. The number of aromatic nitrogens is 3. The highest BCUT2D eigenvalue weighted by atomic mass is 16.5. The minimum Gasteiger partial charge on any atom is -0.467 e. The van der Waals surface area contributed by atoms with Crippen molar-refractivity contribution in [3.63, 3.8) is 0 Å². The molecule has 0 radical (unpaired) electrons. The first-order chi connectivity index (χ1) is 9.36. The summed E-state index contributed by atoms with van der Waals surface area (Å²) in [5, 5.41) is 0. The van der Waals surface area contributed by atoms with Gasteiger partial charge in [0.1, 0.15) is 6.10 Å². The maximum Gasteiger partial charge on any atom is 0.324 e. The molecular weight excluding hydrogens is 256 g/mol. The Labute approximate surface area is 119 Å². The molecule has 6 nitrogen and oxygen atoms in total. The first-order valence-electron chi connectivity index (χ1n) is 7.09. The summed E-state index contributed by atoms with van der Waals surface area (Å²) in [7, 11) is 1.50. The molecule has 3 rings (SSSR count). The number of fused-ring (bicyclic) bond motifs is 2. The maximum absolute atomic E-state index is 6.05. The fourth-order valence-electron chi connectivity index (χ4n) is 3.93. The van der Waals surface area contributed by atoms with Crippen molar-refractivity contribution >= 4 is 5.95 Å². The molecule has 2 aliphatic rings. The van der Waals surface area contributed by atoms with Crippen LogP contribution in [0.25, 0.3) is 0 Å². The molecule has 110 valence electrons. The van der Waals surface area contributed by atoms with Gasteiger partial charge in [-0.3, -0.25) is 0 Å². The van der Waals surface area contributed by atoms with E-state index in [1.807, 2.05) is 0 Å². The van der Waals surface area contributed by atoms with Gasteiger partial charge in [-0.15, -0.1) is 4.98 Å². The van der Waals surface area contributed by atoms with Crippen LogP contribution in [0.2, 0.25) is 0 Å². The number of nitrogens with two attached hydrogens (primary N) is 1. The van der Waals surface area contributed by atoms with Crippen molar-refractivity contribution in [2.24, 2.45) is 16.7 Å². The molecule has 1 aromatic heterocycles. The molecule has 0 amide bonds. The predicted octanol–water partition coefficient (Wildman–Crippen LogP) is 2.06. The lowest BCUT2D eigenvalue weighted by Crippen LogP contribution is -2.39. The molecule has 3 atom stereocenters. The minimum absolute atomic E-state index is 0.124. The van der Waals surface area contributed by atoms with Crippen LogP contribution in [-0.4, -0.2) is 28.2 Å². The molecule has 0 aliphatic heterocycles. The summed E-state index contributed by atoms with van der Waals surface area (Å²) in [5.74, 6) is 0.831. The Morgan fingerprint density at radius 1 is 1.15 bits per heavy atom. The number of hydrogen-bond donors (Lipinski definition) is 1. The van der Waals surface area contributed by atoms with Crippen molar-refractivity contribution in [1.29, 1.82) is 0 Å². The maximum atomic E-state index is 6.05. The number of methoxy groups -OCH3 is 1. The monoisotopic (exact) mass is 278 g/mol. The van der Waals surface area contributed by atoms with E-state index in [2.05, 4.69) is 35.7 Å². The highest BCUT2D eigenvalue weighted by Gasteiger charge is 2.62. The summed E-state index contributed by atoms with van der Waals surface area (Å²) in [5.41, 5.74) is 6.10. The van der Waals surface area contributed by atoms with Gasteiger partial charge in [0, 0.05) is 5.41 Å². The zero-order valence-corrected chi connectivity index (χ0v) is 12.5. The predicted molar refractivity (Wildman–Crippen MR) is 74.4 cm³/mol. The standard InChI is InChI=1S/C14H22N4O2/c1-13(2)8-5-6-14(13,3)9(7-8)20-12-17-10(15)16-11(18-12)19-4/h8-9H,5-7H2,1-4H3,(H2,15,16,17,18). The summed E-state index contributed by atoms with van der Waals surface area (Å²) in [6.07, 6.45) is 3.65. The van der Waals surface area contributed by atoms with E-state index >= 15 is 0 Å². The zero-order chi connectivity index (χ0) is 14.5. The van der Waals surface area contributed by atoms with Crippen LogP contribution in [0.4, 0.5) is 5.95 Å². The smallest absolute Gasteiger partial charge is 0.324 e. The van der Waals surface area contributed by atoms with Gasteiger partial charge in [0.05, 0.1) is 7.11 Å². The molecule has 0 spiro atoms. The van der Waals surface area contributed by atoms with Crippen LogP contribution in [0.1, 0.15) is 40.0 Å². The third-order valence-corrected chi connectivity index (χ3v) is 5.76. The van der Waals surface area contributed by atoms with Gasteiger partial charge in [-0.1, -0.05) is 20.8 Å². The van der Waals surface area contributed by atoms with Gasteiger partial charge >= 0.3 is 12.0 Å². The lowest BCUT2D eigenvalue weighted by atomic mass is 9.70. The molecular formula is C14H22N4O2. The van der Waals surface area contributed by atoms with E-state index < -0.39 is 0 Å². The van der Waals surface area contributed by atoms with E-state index in [4.69, 9.17) is 15.2 Å². The lowest BCUT2D eigenvalue weighted by molar-refractivity contribution is 0.0237. The van der Waals surface area contributed by atoms with Crippen molar-refractivity contribution in [2.45, 2.75) is 46.1 Å². The quantitative estimate of drug-likeness (QED) is 0.911. The van der Waals surface area contributed by atoms with E-state index in [0.29, 0.717) is 11.3 Å². The molecule has 1 heterocycles. The minimum atomic E-state index is 0.124. The van der Waals surface area contributed by atoms with Crippen molar-refractivity contribution in [3.05, 3.63) is 0 Å². The fourth-order valence-corrected chi connectivity index (χ4v) is 3.93. The van der Waals surface area contributed by atoms with E-state index in [-0.39, 0.29) is 29.5 Å². The van der Waals surface area contributed by atoms with Crippen molar-refractivity contribution in [2.75, 3.05) is 12.8 Å². The molecule has 6 heteroatoms. The van der Waals surface area contributed by atoms with Gasteiger partial charge in [0.15, 0.2) is 0 Å². The third-order valence-electron chi connectivity index (χ3n) is 5.76. The van der Waals surface area contributed by atoms with Gasteiger partial charge in [-0.25, -0.2) is 0 Å². The summed E-state index contributed by atoms with van der Waals surface area (Å²) < 4.78 is 11.1. The van der Waals surface area contributed by atoms with Crippen LogP contribution in [0.15, 0.2) is 0 Å². The Morgan fingerprint density at radius 3 is 2.40 bits per heavy atom. The average Bonchev–Trinajstić information content (AvgIpc) is 2.71. The zero-order valence-electron chi connectivity index (χ0n) is 12.5. The third kappa shape index (κ3) is 1.73. The first kappa shape index (κ1) is 13.4. The number of rotatable bonds is 3. The number of nitrogens with zero attached hydrogens (tertiary/aromatic N) is 3. The largest absolute Gasteiger partial charge is 0.467 e. The molecule has 0 aromatic carbocycles. The number of anilines is 1. The van der Waals surface area contributed by atoms with E-state index in [9.17, 15) is 0 Å². The highest BCUT2D eigenvalue weighted by Crippen LogP contribution is 2.66. The molecule has 1 aromatic rings. The summed E-state index contributed by atoms with van der Waals surface area (Å²) >= 11 is 0. The molecule has 2 fully saturated rings. The van der Waals surface area contributed by atoms with Crippen LogP contribution in [0, 0.1) is 16.7 Å². The van der Waals surface area contributed by atoms with Gasteiger partial charge in [-0.05, 0) is 30.6 Å². The first-order valence-corrected chi connectivity index (χ1v) is 7.09. The Kier molecular flexibility index (Phi) is 2.81. The number of ether oxygens (including phenoxy) is 2. The molecule has 3 unspecified atom stereocenters. The molecule has 2 saturated carbocycles. The Bertz CT molecular complexity index is 534. The molecule has 0 saturated heterocycles. The van der Waals surface area contributed by atoms with Gasteiger partial charge in [-0.2, -0.15) is 9.97 Å². The number of hydrogen-bond acceptors (Lipinski definition) is 6. The fraction of sp³-hybridized carbons (Fsp3) is 0.786. The topological polar surface area (TPSA) is 83.2 Å². The van der Waals surface area contributed by atoms with E-state index in [1.54, 1.807) is 0 Å². The second-order valence-corrected chi connectivity index (χ2v) is 6.68. The molecule has 2 aliphatic carbocycles. The van der Waals surface area contributed by atoms with Gasteiger partial charge in [0.25, 0.3) is 0 Å². The van der Waals surface area contributed by atoms with Crippen molar-refractivity contribution < 1.29 is 9.47 Å². The van der Waals surface area contributed by atoms with Crippen molar-refractivity contribution in [1.82, 2.24) is 15.0 Å². The van der Waals surface area contributed by atoms with Crippen LogP contribution in [0.5, 0.6) is 12.0 Å². The summed E-state index contributed by atoms with van der Waals surface area (Å²) in [6.45, 7) is 7.00. The molecule has 2 bridgehead atoms. The van der Waals surface area contributed by atoms with E-state index in [0.717, 1.165) is 6.42 Å². The Balaban J connectivity index is 1.85. The Morgan fingerprint density at radius 2 is 1.85 bits per heavy atom. The van der Waals surface area contributed by atoms with Crippen LogP contribution in [-0.2, 0) is 0 Å². The SMILES string of the molecule is COc1nc(N)nc(OC2CC3CCC2(C)C3(C)C)n1. The molecule has 20 heavy (non-hydrogen) atoms. The lowest BCUT2D eigenvalue weighted by Gasteiger charge is -2.38. The van der Waals surface area contributed by atoms with Crippen LogP contribution < -0.4 is 15.2 Å². The average molecular weight is 278 g/mol. The highest BCUT2D eigenvalue weighted by molar-refractivity contribution is 5.21. The number of nitrogen functional groups attached to an aromatic ring is 1. The normalized spacial score (nSPS) is 34.2. The summed E-state index contributed by atoms with van der Waals surface area (Å²) in [4.78, 5) is 12.1. The molecule has 2 N–H and O–H groups in total. The second kappa shape index (κ2) is 4.20. The van der Waals surface area contributed by atoms with Gasteiger partial charge < -0.3 is 15.2 Å². The van der Waals surface area contributed by atoms with Gasteiger partial charge in [0.2, 0.25) is 5.95 Å². The van der Waals surface area contributed by atoms with Crippen LogP contribution >= 0.6 is 0 Å². The van der Waals surface area contributed by atoms with E-state index in [1.165, 1.54) is 20.0 Å². The Hall–Kier alpha value is -1.59. The van der Waals surface area contributed by atoms with Crippen LogP contribution in [0.3, 0.4) is 0 Å².